The minimum atomic E-state index is -0.958. The van der Waals surface area contributed by atoms with E-state index in [-0.39, 0.29) is 23.2 Å². The molecule has 0 bridgehead atoms. The molecule has 5 N–H and O–H groups in total. The van der Waals surface area contributed by atoms with Crippen LogP contribution >= 0.6 is 0 Å². The lowest BCUT2D eigenvalue weighted by Crippen LogP contribution is -2.37. The molecule has 0 aromatic heterocycles. The molecule has 28 heavy (non-hydrogen) atoms. The number of hydrogen-bond acceptors (Lipinski definition) is 5. The number of carboxylic acid groups (broad SMARTS) is 2. The van der Waals surface area contributed by atoms with Gasteiger partial charge in [0.25, 0.3) is 0 Å². The standard InChI is InChI=1S/C21H26N2O5/c1-13(15-3-7-17(8-4-15)20(25)26)22-11-19(24)12-23-14(2)16-5-9-18(10-6-16)21(27)28/h3-10,13-14,19,22-24H,11-12H2,1-2H3,(H,25,26)(H,27,28)/t13-,14-/m0/s1. The normalized spacial score (nSPS) is 13.3. The summed E-state index contributed by atoms with van der Waals surface area (Å²) >= 11 is 0. The van der Waals surface area contributed by atoms with Crippen LogP contribution in [0.3, 0.4) is 0 Å². The Hall–Kier alpha value is -2.74. The minimum Gasteiger partial charge on any atom is -0.478 e. The molecule has 2 aromatic rings. The number of benzene rings is 2. The van der Waals surface area contributed by atoms with Crippen LogP contribution in [0.15, 0.2) is 48.5 Å². The maximum atomic E-state index is 10.9. The van der Waals surface area contributed by atoms with Gasteiger partial charge in [-0.05, 0) is 49.2 Å². The van der Waals surface area contributed by atoms with Crippen LogP contribution in [0.25, 0.3) is 0 Å². The first-order valence-electron chi connectivity index (χ1n) is 9.09. The first-order valence-corrected chi connectivity index (χ1v) is 9.09. The maximum absolute atomic E-state index is 10.9. The Bertz CT molecular complexity index is 722. The second-order valence-corrected chi connectivity index (χ2v) is 6.77. The summed E-state index contributed by atoms with van der Waals surface area (Å²) in [7, 11) is 0. The number of aliphatic hydroxyl groups is 1. The summed E-state index contributed by atoms with van der Waals surface area (Å²) in [4.78, 5) is 21.8. The van der Waals surface area contributed by atoms with E-state index in [1.54, 1.807) is 48.5 Å². The van der Waals surface area contributed by atoms with Gasteiger partial charge in [-0.15, -0.1) is 0 Å². The Labute approximate surface area is 164 Å². The van der Waals surface area contributed by atoms with E-state index < -0.39 is 18.0 Å². The Morgan fingerprint density at radius 2 is 1.07 bits per heavy atom. The molecular weight excluding hydrogens is 360 g/mol. The van der Waals surface area contributed by atoms with Crippen LogP contribution in [0.5, 0.6) is 0 Å². The molecule has 0 heterocycles. The van der Waals surface area contributed by atoms with Gasteiger partial charge in [0.2, 0.25) is 0 Å². The van der Waals surface area contributed by atoms with Crippen LogP contribution in [0.2, 0.25) is 0 Å². The average Bonchev–Trinajstić information content (AvgIpc) is 2.70. The van der Waals surface area contributed by atoms with Crippen molar-refractivity contribution in [2.75, 3.05) is 13.1 Å². The van der Waals surface area contributed by atoms with E-state index in [0.29, 0.717) is 13.1 Å². The van der Waals surface area contributed by atoms with Crippen molar-refractivity contribution in [1.82, 2.24) is 10.6 Å². The molecule has 0 aliphatic heterocycles. The minimum absolute atomic E-state index is 0.0292. The molecule has 0 amide bonds. The van der Waals surface area contributed by atoms with Gasteiger partial charge in [-0.25, -0.2) is 9.59 Å². The lowest BCUT2D eigenvalue weighted by atomic mass is 10.1. The van der Waals surface area contributed by atoms with Crippen molar-refractivity contribution in [1.29, 1.82) is 0 Å². The predicted octanol–water partition coefficient (Wildman–Crippen LogP) is 2.45. The first kappa shape index (κ1) is 21.6. The summed E-state index contributed by atoms with van der Waals surface area (Å²) in [5.41, 5.74) is 2.37. The van der Waals surface area contributed by atoms with Gasteiger partial charge in [0.15, 0.2) is 0 Å². The zero-order valence-corrected chi connectivity index (χ0v) is 15.9. The molecule has 7 heteroatoms. The molecule has 0 fully saturated rings. The second kappa shape index (κ2) is 9.98. The van der Waals surface area contributed by atoms with Gasteiger partial charge < -0.3 is 26.0 Å². The molecule has 150 valence electrons. The van der Waals surface area contributed by atoms with Gasteiger partial charge in [-0.1, -0.05) is 24.3 Å². The van der Waals surface area contributed by atoms with E-state index in [2.05, 4.69) is 10.6 Å². The molecule has 0 spiro atoms. The van der Waals surface area contributed by atoms with Crippen LogP contribution < -0.4 is 10.6 Å². The van der Waals surface area contributed by atoms with Crippen molar-refractivity contribution in [3.05, 3.63) is 70.8 Å². The summed E-state index contributed by atoms with van der Waals surface area (Å²) in [6.45, 7) is 4.64. The zero-order valence-electron chi connectivity index (χ0n) is 15.9. The Morgan fingerprint density at radius 1 is 0.750 bits per heavy atom. The van der Waals surface area contributed by atoms with E-state index in [1.165, 1.54) is 0 Å². The number of hydrogen-bond donors (Lipinski definition) is 5. The highest BCUT2D eigenvalue weighted by molar-refractivity contribution is 5.88. The SMILES string of the molecule is C[C@H](NCC(O)CN[C@@H](C)c1ccc(C(=O)O)cc1)c1ccc(C(=O)O)cc1. The molecule has 0 aliphatic carbocycles. The van der Waals surface area contributed by atoms with Crippen molar-refractivity contribution in [3.8, 4) is 0 Å². The highest BCUT2D eigenvalue weighted by Crippen LogP contribution is 2.15. The third-order valence-electron chi connectivity index (χ3n) is 4.63. The van der Waals surface area contributed by atoms with Crippen molar-refractivity contribution < 1.29 is 24.9 Å². The fourth-order valence-electron chi connectivity index (χ4n) is 2.76. The van der Waals surface area contributed by atoms with Crippen LogP contribution in [-0.4, -0.2) is 46.5 Å². The number of nitrogens with one attached hydrogen (secondary N) is 2. The molecular formula is C21H26N2O5. The Kier molecular flexibility index (Phi) is 7.69. The fourth-order valence-corrected chi connectivity index (χ4v) is 2.76. The smallest absolute Gasteiger partial charge is 0.335 e. The van der Waals surface area contributed by atoms with Crippen molar-refractivity contribution in [2.24, 2.45) is 0 Å². The summed E-state index contributed by atoms with van der Waals surface area (Å²) in [6, 6.07) is 13.2. The average molecular weight is 386 g/mol. The van der Waals surface area contributed by atoms with Gasteiger partial charge in [-0.3, -0.25) is 0 Å². The Morgan fingerprint density at radius 3 is 1.36 bits per heavy atom. The summed E-state index contributed by atoms with van der Waals surface area (Å²) in [5.74, 6) is -1.92. The number of carbonyl (C=O) groups is 2. The van der Waals surface area contributed by atoms with E-state index >= 15 is 0 Å². The lowest BCUT2D eigenvalue weighted by molar-refractivity contribution is 0.0686. The van der Waals surface area contributed by atoms with Gasteiger partial charge in [0, 0.05) is 25.2 Å². The van der Waals surface area contributed by atoms with Gasteiger partial charge in [0.05, 0.1) is 17.2 Å². The van der Waals surface area contributed by atoms with E-state index in [9.17, 15) is 14.7 Å². The number of rotatable bonds is 10. The van der Waals surface area contributed by atoms with Crippen molar-refractivity contribution in [3.63, 3.8) is 0 Å². The molecule has 2 aromatic carbocycles. The van der Waals surface area contributed by atoms with Crippen LogP contribution in [0, 0.1) is 0 Å². The molecule has 0 radical (unpaired) electrons. The number of aromatic carboxylic acids is 2. The van der Waals surface area contributed by atoms with Crippen molar-refractivity contribution in [2.45, 2.75) is 32.0 Å². The van der Waals surface area contributed by atoms with Crippen molar-refractivity contribution >= 4 is 11.9 Å². The highest BCUT2D eigenvalue weighted by atomic mass is 16.4. The summed E-state index contributed by atoms with van der Waals surface area (Å²) in [6.07, 6.45) is -0.610. The molecule has 0 saturated heterocycles. The van der Waals surface area contributed by atoms with Gasteiger partial charge in [-0.2, -0.15) is 0 Å². The zero-order chi connectivity index (χ0) is 20.7. The molecule has 0 unspecified atom stereocenters. The maximum Gasteiger partial charge on any atom is 0.335 e. The molecule has 2 atom stereocenters. The van der Waals surface area contributed by atoms with Crippen LogP contribution in [0.4, 0.5) is 0 Å². The number of aliphatic hydroxyl groups excluding tert-OH is 1. The molecule has 0 aliphatic rings. The molecule has 0 saturated carbocycles. The molecule has 7 nitrogen and oxygen atoms in total. The van der Waals surface area contributed by atoms with E-state index in [0.717, 1.165) is 11.1 Å². The predicted molar refractivity (Wildman–Crippen MR) is 106 cm³/mol. The van der Waals surface area contributed by atoms with Crippen LogP contribution in [0.1, 0.15) is 57.8 Å². The highest BCUT2D eigenvalue weighted by Gasteiger charge is 2.12. The van der Waals surface area contributed by atoms with Crippen LogP contribution in [-0.2, 0) is 0 Å². The van der Waals surface area contributed by atoms with E-state index in [4.69, 9.17) is 10.2 Å². The second-order valence-electron chi connectivity index (χ2n) is 6.77. The largest absolute Gasteiger partial charge is 0.478 e. The third kappa shape index (κ3) is 6.16. The van der Waals surface area contributed by atoms with Gasteiger partial charge in [0.1, 0.15) is 0 Å². The monoisotopic (exact) mass is 386 g/mol. The number of carboxylic acids is 2. The fraction of sp³-hybridized carbons (Fsp3) is 0.333. The first-order chi connectivity index (χ1) is 13.3. The van der Waals surface area contributed by atoms with E-state index in [1.807, 2.05) is 13.8 Å². The summed E-state index contributed by atoms with van der Waals surface area (Å²) in [5, 5.41) is 34.5. The third-order valence-corrected chi connectivity index (χ3v) is 4.63. The lowest BCUT2D eigenvalue weighted by Gasteiger charge is -2.20. The van der Waals surface area contributed by atoms with Gasteiger partial charge >= 0.3 is 11.9 Å². The molecule has 2 rings (SSSR count). The quantitative estimate of drug-likeness (QED) is 0.425. The summed E-state index contributed by atoms with van der Waals surface area (Å²) < 4.78 is 0. The topological polar surface area (TPSA) is 119 Å². The Balaban J connectivity index is 1.77.